The Morgan fingerprint density at radius 3 is 2.80 bits per heavy atom. The van der Waals surface area contributed by atoms with Crippen molar-refractivity contribution in [2.75, 3.05) is 18.1 Å². The van der Waals surface area contributed by atoms with Gasteiger partial charge in [0, 0.05) is 12.4 Å². The van der Waals surface area contributed by atoms with Gasteiger partial charge in [-0.15, -0.1) is 0 Å². The molecule has 15 heavy (non-hydrogen) atoms. The topological polar surface area (TPSA) is 29.5 Å². The number of hydrogen-bond donors (Lipinski definition) is 1. The second-order valence-corrected chi connectivity index (χ2v) is 5.87. The average Bonchev–Trinajstić information content (AvgIpc) is 2.66. The molecule has 1 heterocycles. The minimum absolute atomic E-state index is 0.141. The fourth-order valence-corrected chi connectivity index (χ4v) is 2.82. The highest BCUT2D eigenvalue weighted by Crippen LogP contribution is 2.19. The molecule has 0 aromatic carbocycles. The zero-order chi connectivity index (χ0) is 11.1. The van der Waals surface area contributed by atoms with Gasteiger partial charge >= 0.3 is 0 Å². The monoisotopic (exact) mass is 232 g/mol. The van der Waals surface area contributed by atoms with E-state index in [2.05, 4.69) is 13.8 Å². The Hall–Kier alpha value is 0.270. The third-order valence-electron chi connectivity index (χ3n) is 2.61. The van der Waals surface area contributed by atoms with E-state index in [0.717, 1.165) is 36.9 Å². The normalized spacial score (nSPS) is 23.6. The Balaban J connectivity index is 1.95. The lowest BCUT2D eigenvalue weighted by Crippen LogP contribution is -2.15. The molecule has 2 nitrogen and oxygen atoms in total. The highest BCUT2D eigenvalue weighted by atomic mass is 32.2. The lowest BCUT2D eigenvalue weighted by molar-refractivity contribution is 0.0861. The summed E-state index contributed by atoms with van der Waals surface area (Å²) in [5, 5.41) is 9.75. The Bertz CT molecular complexity index is 156. The molecule has 0 amide bonds. The van der Waals surface area contributed by atoms with Crippen LogP contribution in [0.5, 0.6) is 0 Å². The van der Waals surface area contributed by atoms with E-state index in [-0.39, 0.29) is 6.10 Å². The predicted molar refractivity (Wildman–Crippen MR) is 66.4 cm³/mol. The van der Waals surface area contributed by atoms with Crippen LogP contribution in [0.4, 0.5) is 0 Å². The lowest BCUT2D eigenvalue weighted by Gasteiger charge is -2.14. The van der Waals surface area contributed by atoms with Crippen LogP contribution in [-0.4, -0.2) is 35.4 Å². The maximum absolute atomic E-state index is 9.75. The molecule has 0 aromatic heterocycles. The number of aliphatic hydroxyl groups is 1. The molecular weight excluding hydrogens is 208 g/mol. The summed E-state index contributed by atoms with van der Waals surface area (Å²) in [5.74, 6) is 2.75. The Kier molecular flexibility index (Phi) is 6.69. The van der Waals surface area contributed by atoms with Crippen LogP contribution in [-0.2, 0) is 4.74 Å². The third-order valence-corrected chi connectivity index (χ3v) is 4.13. The molecule has 1 fully saturated rings. The summed E-state index contributed by atoms with van der Waals surface area (Å²) in [4.78, 5) is 0. The molecule has 90 valence electrons. The van der Waals surface area contributed by atoms with Crippen molar-refractivity contribution in [1.82, 2.24) is 0 Å². The maximum atomic E-state index is 9.75. The summed E-state index contributed by atoms with van der Waals surface area (Å²) in [6.45, 7) is 5.35. The van der Waals surface area contributed by atoms with Crippen molar-refractivity contribution in [3.8, 4) is 0 Å². The smallest absolute Gasteiger partial charge is 0.0631 e. The van der Waals surface area contributed by atoms with Crippen LogP contribution >= 0.6 is 11.8 Å². The summed E-state index contributed by atoms with van der Waals surface area (Å²) in [7, 11) is 0. The molecule has 0 aromatic rings. The molecule has 0 spiro atoms. The van der Waals surface area contributed by atoms with Gasteiger partial charge in [-0.2, -0.15) is 11.8 Å². The first-order valence-electron chi connectivity index (χ1n) is 6.06. The van der Waals surface area contributed by atoms with Gasteiger partial charge in [0.15, 0.2) is 0 Å². The summed E-state index contributed by atoms with van der Waals surface area (Å²) in [6, 6.07) is 0. The summed E-state index contributed by atoms with van der Waals surface area (Å²) >= 11 is 1.86. The predicted octanol–water partition coefficient (Wildman–Crippen LogP) is 2.70. The minimum Gasteiger partial charge on any atom is -0.392 e. The summed E-state index contributed by atoms with van der Waals surface area (Å²) in [6.07, 6.45) is 4.60. The highest BCUT2D eigenvalue weighted by Gasteiger charge is 2.16. The molecule has 1 saturated heterocycles. The van der Waals surface area contributed by atoms with Gasteiger partial charge in [-0.05, 0) is 37.4 Å². The molecule has 2 unspecified atom stereocenters. The van der Waals surface area contributed by atoms with Gasteiger partial charge < -0.3 is 9.84 Å². The Morgan fingerprint density at radius 2 is 2.20 bits per heavy atom. The largest absolute Gasteiger partial charge is 0.392 e. The van der Waals surface area contributed by atoms with Gasteiger partial charge in [-0.1, -0.05) is 13.8 Å². The molecule has 0 saturated carbocycles. The molecule has 3 heteroatoms. The van der Waals surface area contributed by atoms with E-state index >= 15 is 0 Å². The number of hydrogen-bond acceptors (Lipinski definition) is 3. The van der Waals surface area contributed by atoms with E-state index < -0.39 is 0 Å². The Labute approximate surface area is 97.8 Å². The molecule has 0 bridgehead atoms. The molecule has 1 aliphatic heterocycles. The number of aliphatic hydroxyl groups excluding tert-OH is 1. The molecule has 0 aliphatic carbocycles. The van der Waals surface area contributed by atoms with E-state index in [1.54, 1.807) is 0 Å². The van der Waals surface area contributed by atoms with Gasteiger partial charge in [0.25, 0.3) is 0 Å². The lowest BCUT2D eigenvalue weighted by atomic mass is 10.1. The van der Waals surface area contributed by atoms with Crippen LogP contribution in [0.1, 0.15) is 39.5 Å². The van der Waals surface area contributed by atoms with Crippen molar-refractivity contribution >= 4 is 11.8 Å². The fraction of sp³-hybridized carbons (Fsp3) is 1.00. The number of rotatable bonds is 7. The van der Waals surface area contributed by atoms with Gasteiger partial charge in [-0.3, -0.25) is 0 Å². The van der Waals surface area contributed by atoms with Crippen LogP contribution in [0.3, 0.4) is 0 Å². The number of ether oxygens (including phenoxy) is 1. The minimum atomic E-state index is -0.141. The van der Waals surface area contributed by atoms with Gasteiger partial charge in [0.05, 0.1) is 12.2 Å². The molecule has 1 rings (SSSR count). The second kappa shape index (κ2) is 7.53. The van der Waals surface area contributed by atoms with Gasteiger partial charge in [0.1, 0.15) is 0 Å². The van der Waals surface area contributed by atoms with Crippen molar-refractivity contribution in [2.45, 2.75) is 51.7 Å². The summed E-state index contributed by atoms with van der Waals surface area (Å²) < 4.78 is 5.53. The van der Waals surface area contributed by atoms with E-state index in [9.17, 15) is 5.11 Å². The molecule has 2 atom stereocenters. The van der Waals surface area contributed by atoms with E-state index in [0.29, 0.717) is 6.10 Å². The van der Waals surface area contributed by atoms with Gasteiger partial charge in [0.2, 0.25) is 0 Å². The first-order chi connectivity index (χ1) is 7.18. The van der Waals surface area contributed by atoms with Crippen molar-refractivity contribution in [2.24, 2.45) is 5.92 Å². The molecule has 1 aliphatic rings. The standard InChI is InChI=1S/C12H24O2S/c1-10(2)8-15-9-11(13)5-6-12-4-3-7-14-12/h10-13H,3-9H2,1-2H3. The van der Waals surface area contributed by atoms with Crippen molar-refractivity contribution in [1.29, 1.82) is 0 Å². The average molecular weight is 232 g/mol. The zero-order valence-electron chi connectivity index (χ0n) is 9.95. The van der Waals surface area contributed by atoms with Gasteiger partial charge in [-0.25, -0.2) is 0 Å². The van der Waals surface area contributed by atoms with Crippen molar-refractivity contribution < 1.29 is 9.84 Å². The van der Waals surface area contributed by atoms with Crippen LogP contribution < -0.4 is 0 Å². The van der Waals surface area contributed by atoms with E-state index in [1.165, 1.54) is 12.8 Å². The maximum Gasteiger partial charge on any atom is 0.0631 e. The third kappa shape index (κ3) is 6.44. The van der Waals surface area contributed by atoms with Crippen LogP contribution in [0, 0.1) is 5.92 Å². The quantitative estimate of drug-likeness (QED) is 0.732. The van der Waals surface area contributed by atoms with Crippen LogP contribution in [0.25, 0.3) is 0 Å². The highest BCUT2D eigenvalue weighted by molar-refractivity contribution is 7.99. The van der Waals surface area contributed by atoms with Crippen LogP contribution in [0.2, 0.25) is 0 Å². The van der Waals surface area contributed by atoms with E-state index in [1.807, 2.05) is 11.8 Å². The SMILES string of the molecule is CC(C)CSCC(O)CCC1CCCO1. The first kappa shape index (κ1) is 13.3. The van der Waals surface area contributed by atoms with Crippen LogP contribution in [0.15, 0.2) is 0 Å². The molecule has 0 radical (unpaired) electrons. The second-order valence-electron chi connectivity index (χ2n) is 4.80. The molecular formula is C12H24O2S. The van der Waals surface area contributed by atoms with Crippen molar-refractivity contribution in [3.05, 3.63) is 0 Å². The fourth-order valence-electron chi connectivity index (χ4n) is 1.77. The number of thioether (sulfide) groups is 1. The Morgan fingerprint density at radius 1 is 1.40 bits per heavy atom. The summed E-state index contributed by atoms with van der Waals surface area (Å²) in [5.41, 5.74) is 0. The van der Waals surface area contributed by atoms with Crippen molar-refractivity contribution in [3.63, 3.8) is 0 Å². The first-order valence-corrected chi connectivity index (χ1v) is 7.21. The van der Waals surface area contributed by atoms with E-state index in [4.69, 9.17) is 4.74 Å². The zero-order valence-corrected chi connectivity index (χ0v) is 10.8. The molecule has 1 N–H and O–H groups in total.